The number of halogens is 1. The van der Waals surface area contributed by atoms with Crippen LogP contribution in [0, 0.1) is 5.82 Å². The summed E-state index contributed by atoms with van der Waals surface area (Å²) >= 11 is 0. The monoisotopic (exact) mass is 274 g/mol. The van der Waals surface area contributed by atoms with E-state index in [0.29, 0.717) is 0 Å². The maximum atomic E-state index is 13.6. The SMILES string of the molecule is CN(C)c1ncc(N2CCNCC2)c2ccc(F)cc12. The molecule has 1 aliphatic rings. The number of hydrogen-bond donors (Lipinski definition) is 1. The van der Waals surface area contributed by atoms with Crippen LogP contribution in [0.25, 0.3) is 10.8 Å². The molecule has 0 spiro atoms. The molecule has 2 aromatic rings. The molecule has 1 aromatic carbocycles. The predicted octanol–water partition coefficient (Wildman–Crippen LogP) is 1.85. The molecular weight excluding hydrogens is 255 g/mol. The van der Waals surface area contributed by atoms with E-state index in [0.717, 1.165) is 48.5 Å². The smallest absolute Gasteiger partial charge is 0.136 e. The van der Waals surface area contributed by atoms with E-state index < -0.39 is 0 Å². The number of benzene rings is 1. The molecule has 0 aliphatic carbocycles. The lowest BCUT2D eigenvalue weighted by atomic mass is 10.1. The minimum absolute atomic E-state index is 0.222. The van der Waals surface area contributed by atoms with Gasteiger partial charge in [0.1, 0.15) is 11.6 Å². The fourth-order valence-electron chi connectivity index (χ4n) is 2.70. The van der Waals surface area contributed by atoms with Crippen LogP contribution in [-0.4, -0.2) is 45.3 Å². The average Bonchev–Trinajstić information content (AvgIpc) is 2.46. The van der Waals surface area contributed by atoms with Gasteiger partial charge in [-0.15, -0.1) is 0 Å². The first kappa shape index (κ1) is 13.1. The van der Waals surface area contributed by atoms with Crippen molar-refractivity contribution < 1.29 is 4.39 Å². The quantitative estimate of drug-likeness (QED) is 0.905. The Morgan fingerprint density at radius 2 is 1.95 bits per heavy atom. The standard InChI is InChI=1S/C15H19FN4/c1-19(2)15-13-9-11(16)3-4-12(13)14(10-18-15)20-7-5-17-6-8-20/h3-4,9-10,17H,5-8H2,1-2H3. The number of nitrogens with one attached hydrogen (secondary N) is 1. The van der Waals surface area contributed by atoms with Crippen LogP contribution in [0.2, 0.25) is 0 Å². The fraction of sp³-hybridized carbons (Fsp3) is 0.400. The van der Waals surface area contributed by atoms with Crippen molar-refractivity contribution in [2.45, 2.75) is 0 Å². The first-order valence-corrected chi connectivity index (χ1v) is 6.88. The normalized spacial score (nSPS) is 15.7. The molecule has 0 atom stereocenters. The molecule has 1 aromatic heterocycles. The molecule has 0 bridgehead atoms. The second kappa shape index (κ2) is 5.25. The molecule has 1 saturated heterocycles. The van der Waals surface area contributed by atoms with Crippen molar-refractivity contribution in [2.24, 2.45) is 0 Å². The minimum atomic E-state index is -0.222. The highest BCUT2D eigenvalue weighted by Crippen LogP contribution is 2.32. The van der Waals surface area contributed by atoms with Crippen molar-refractivity contribution >= 4 is 22.3 Å². The number of nitrogens with zero attached hydrogens (tertiary/aromatic N) is 3. The number of rotatable bonds is 2. The summed E-state index contributed by atoms with van der Waals surface area (Å²) in [7, 11) is 3.86. The number of hydrogen-bond acceptors (Lipinski definition) is 4. The van der Waals surface area contributed by atoms with Crippen molar-refractivity contribution in [3.63, 3.8) is 0 Å². The topological polar surface area (TPSA) is 31.4 Å². The molecule has 1 N–H and O–H groups in total. The Morgan fingerprint density at radius 1 is 1.20 bits per heavy atom. The Kier molecular flexibility index (Phi) is 3.44. The lowest BCUT2D eigenvalue weighted by molar-refractivity contribution is 0.590. The maximum absolute atomic E-state index is 13.6. The second-order valence-electron chi connectivity index (χ2n) is 5.29. The summed E-state index contributed by atoms with van der Waals surface area (Å²) in [6.45, 7) is 3.85. The zero-order chi connectivity index (χ0) is 14.1. The third kappa shape index (κ3) is 2.29. The minimum Gasteiger partial charge on any atom is -0.367 e. The van der Waals surface area contributed by atoms with Gasteiger partial charge in [-0.1, -0.05) is 0 Å². The molecule has 20 heavy (non-hydrogen) atoms. The first-order valence-electron chi connectivity index (χ1n) is 6.88. The van der Waals surface area contributed by atoms with E-state index in [1.807, 2.05) is 31.3 Å². The summed E-state index contributed by atoms with van der Waals surface area (Å²) in [6, 6.07) is 4.95. The zero-order valence-electron chi connectivity index (χ0n) is 11.9. The van der Waals surface area contributed by atoms with E-state index in [1.165, 1.54) is 6.07 Å². The largest absolute Gasteiger partial charge is 0.367 e. The first-order chi connectivity index (χ1) is 9.66. The van der Waals surface area contributed by atoms with Gasteiger partial charge in [-0.25, -0.2) is 9.37 Å². The molecule has 0 saturated carbocycles. The number of pyridine rings is 1. The number of fused-ring (bicyclic) bond motifs is 1. The molecule has 3 rings (SSSR count). The van der Waals surface area contributed by atoms with Gasteiger partial charge in [0.15, 0.2) is 0 Å². The molecular formula is C15H19FN4. The van der Waals surface area contributed by atoms with Gasteiger partial charge in [0.2, 0.25) is 0 Å². The average molecular weight is 274 g/mol. The van der Waals surface area contributed by atoms with Crippen LogP contribution in [0.3, 0.4) is 0 Å². The van der Waals surface area contributed by atoms with Gasteiger partial charge in [0.25, 0.3) is 0 Å². The molecule has 2 heterocycles. The van der Waals surface area contributed by atoms with Gasteiger partial charge < -0.3 is 15.1 Å². The second-order valence-corrected chi connectivity index (χ2v) is 5.29. The molecule has 1 fully saturated rings. The van der Waals surface area contributed by atoms with Crippen LogP contribution in [0.5, 0.6) is 0 Å². The highest BCUT2D eigenvalue weighted by atomic mass is 19.1. The van der Waals surface area contributed by atoms with E-state index in [4.69, 9.17) is 0 Å². The van der Waals surface area contributed by atoms with Crippen molar-refractivity contribution in [1.82, 2.24) is 10.3 Å². The van der Waals surface area contributed by atoms with Crippen LogP contribution < -0.4 is 15.1 Å². The Morgan fingerprint density at radius 3 is 2.65 bits per heavy atom. The van der Waals surface area contributed by atoms with Crippen LogP contribution in [0.15, 0.2) is 24.4 Å². The lowest BCUT2D eigenvalue weighted by Crippen LogP contribution is -2.43. The lowest BCUT2D eigenvalue weighted by Gasteiger charge is -2.30. The van der Waals surface area contributed by atoms with Crippen molar-refractivity contribution in [1.29, 1.82) is 0 Å². The van der Waals surface area contributed by atoms with Crippen molar-refractivity contribution in [2.75, 3.05) is 50.1 Å². The van der Waals surface area contributed by atoms with Gasteiger partial charge in [-0.05, 0) is 18.2 Å². The molecule has 4 nitrogen and oxygen atoms in total. The molecule has 0 radical (unpaired) electrons. The summed E-state index contributed by atoms with van der Waals surface area (Å²) in [4.78, 5) is 8.75. The summed E-state index contributed by atoms with van der Waals surface area (Å²) in [5.74, 6) is 0.582. The molecule has 1 aliphatic heterocycles. The predicted molar refractivity (Wildman–Crippen MR) is 81.1 cm³/mol. The molecule has 106 valence electrons. The van der Waals surface area contributed by atoms with Gasteiger partial charge in [0.05, 0.1) is 11.9 Å². The van der Waals surface area contributed by atoms with Gasteiger partial charge in [-0.3, -0.25) is 0 Å². The Hall–Kier alpha value is -1.88. The van der Waals surface area contributed by atoms with E-state index in [9.17, 15) is 4.39 Å². The third-order valence-electron chi connectivity index (χ3n) is 3.69. The van der Waals surface area contributed by atoms with Crippen molar-refractivity contribution in [3.8, 4) is 0 Å². The third-order valence-corrected chi connectivity index (χ3v) is 3.69. The van der Waals surface area contributed by atoms with Crippen LogP contribution in [0.1, 0.15) is 0 Å². The highest BCUT2D eigenvalue weighted by molar-refractivity contribution is 6.00. The number of anilines is 2. The summed E-state index contributed by atoms with van der Waals surface area (Å²) in [5, 5.41) is 5.27. The fourth-order valence-corrected chi connectivity index (χ4v) is 2.70. The van der Waals surface area contributed by atoms with Crippen LogP contribution in [0.4, 0.5) is 15.9 Å². The number of piperazine rings is 1. The van der Waals surface area contributed by atoms with Gasteiger partial charge >= 0.3 is 0 Å². The summed E-state index contributed by atoms with van der Waals surface area (Å²) < 4.78 is 13.6. The van der Waals surface area contributed by atoms with Crippen LogP contribution in [-0.2, 0) is 0 Å². The molecule has 5 heteroatoms. The van der Waals surface area contributed by atoms with Crippen molar-refractivity contribution in [3.05, 3.63) is 30.2 Å². The van der Waals surface area contributed by atoms with E-state index in [1.54, 1.807) is 6.07 Å². The summed E-state index contributed by atoms with van der Waals surface area (Å²) in [6.07, 6.45) is 1.90. The molecule has 0 unspecified atom stereocenters. The maximum Gasteiger partial charge on any atom is 0.136 e. The van der Waals surface area contributed by atoms with Gasteiger partial charge in [0, 0.05) is 51.0 Å². The summed E-state index contributed by atoms with van der Waals surface area (Å²) in [5.41, 5.74) is 1.09. The Labute approximate surface area is 118 Å². The Bertz CT molecular complexity index is 621. The van der Waals surface area contributed by atoms with E-state index in [-0.39, 0.29) is 5.82 Å². The zero-order valence-corrected chi connectivity index (χ0v) is 11.9. The highest BCUT2D eigenvalue weighted by Gasteiger charge is 2.16. The Balaban J connectivity index is 2.16. The number of aromatic nitrogens is 1. The van der Waals surface area contributed by atoms with E-state index >= 15 is 0 Å². The van der Waals surface area contributed by atoms with Crippen LogP contribution >= 0.6 is 0 Å². The van der Waals surface area contributed by atoms with E-state index in [2.05, 4.69) is 15.2 Å². The molecule has 0 amide bonds. The van der Waals surface area contributed by atoms with Gasteiger partial charge in [-0.2, -0.15) is 0 Å².